The van der Waals surface area contributed by atoms with Crippen molar-refractivity contribution in [3.05, 3.63) is 0 Å². The number of carboxylic acids is 1. The third kappa shape index (κ3) is 7.30. The van der Waals surface area contributed by atoms with Crippen LogP contribution in [-0.4, -0.2) is 23.1 Å². The van der Waals surface area contributed by atoms with Gasteiger partial charge < -0.3 is 9.84 Å². The summed E-state index contributed by atoms with van der Waals surface area (Å²) in [6.07, 6.45) is 0.488. The number of ether oxygens (including phenoxy) is 1. The van der Waals surface area contributed by atoms with Gasteiger partial charge in [-0.15, -0.1) is 0 Å². The van der Waals surface area contributed by atoms with Gasteiger partial charge in [0.25, 0.3) is 0 Å². The zero-order valence-electron chi connectivity index (χ0n) is 12.1. The van der Waals surface area contributed by atoms with Crippen molar-refractivity contribution < 1.29 is 19.4 Å². The Hall–Kier alpha value is -1.06. The van der Waals surface area contributed by atoms with Gasteiger partial charge in [0.1, 0.15) is 6.10 Å². The normalized spacial score (nSPS) is 14.6. The first-order valence-electron chi connectivity index (χ1n) is 6.65. The number of hydrogen-bond donors (Lipinski definition) is 1. The fourth-order valence-electron chi connectivity index (χ4n) is 1.70. The van der Waals surface area contributed by atoms with Crippen molar-refractivity contribution >= 4 is 11.9 Å². The molecule has 106 valence electrons. The number of carbonyl (C=O) groups excluding carboxylic acids is 1. The summed E-state index contributed by atoms with van der Waals surface area (Å²) in [4.78, 5) is 22.0. The molecule has 0 amide bonds. The number of carbonyl (C=O) groups is 2. The molecule has 4 heteroatoms. The van der Waals surface area contributed by atoms with Gasteiger partial charge in [0.2, 0.25) is 0 Å². The molecule has 0 radical (unpaired) electrons. The van der Waals surface area contributed by atoms with Gasteiger partial charge in [-0.1, -0.05) is 34.6 Å². The maximum absolute atomic E-state index is 11.6. The second kappa shape index (κ2) is 8.11. The summed E-state index contributed by atoms with van der Waals surface area (Å²) < 4.78 is 5.43. The molecule has 2 unspecified atom stereocenters. The number of aliphatic carboxylic acids is 1. The van der Waals surface area contributed by atoms with Crippen molar-refractivity contribution in [2.75, 3.05) is 0 Å². The summed E-state index contributed by atoms with van der Waals surface area (Å²) in [7, 11) is 0. The molecule has 0 bridgehead atoms. The number of carboxylic acid groups (broad SMARTS) is 1. The highest BCUT2D eigenvalue weighted by Gasteiger charge is 2.25. The van der Waals surface area contributed by atoms with Gasteiger partial charge in [0.15, 0.2) is 0 Å². The SMILES string of the molecule is CC(C)CC(OC(=O)CCC(=O)O)C(C)C(C)C. The van der Waals surface area contributed by atoms with E-state index in [0.29, 0.717) is 11.8 Å². The smallest absolute Gasteiger partial charge is 0.306 e. The molecule has 0 heterocycles. The molecule has 1 N–H and O–H groups in total. The molecule has 18 heavy (non-hydrogen) atoms. The van der Waals surface area contributed by atoms with E-state index >= 15 is 0 Å². The topological polar surface area (TPSA) is 63.6 Å². The highest BCUT2D eigenvalue weighted by Crippen LogP contribution is 2.23. The zero-order chi connectivity index (χ0) is 14.3. The van der Waals surface area contributed by atoms with E-state index in [1.165, 1.54) is 0 Å². The molecular weight excluding hydrogens is 232 g/mol. The van der Waals surface area contributed by atoms with Crippen molar-refractivity contribution in [2.24, 2.45) is 17.8 Å². The Morgan fingerprint density at radius 3 is 2.00 bits per heavy atom. The van der Waals surface area contributed by atoms with Crippen LogP contribution < -0.4 is 0 Å². The average Bonchev–Trinajstić information content (AvgIpc) is 2.23. The highest BCUT2D eigenvalue weighted by molar-refractivity contribution is 5.76. The van der Waals surface area contributed by atoms with E-state index in [-0.39, 0.29) is 24.9 Å². The van der Waals surface area contributed by atoms with Crippen molar-refractivity contribution in [3.63, 3.8) is 0 Å². The predicted molar refractivity (Wildman–Crippen MR) is 70.2 cm³/mol. The summed E-state index contributed by atoms with van der Waals surface area (Å²) in [6.45, 7) is 10.4. The summed E-state index contributed by atoms with van der Waals surface area (Å²) in [5.74, 6) is -0.217. The van der Waals surface area contributed by atoms with Crippen LogP contribution in [0.15, 0.2) is 0 Å². The Bertz CT molecular complexity index is 271. The third-order valence-corrected chi connectivity index (χ3v) is 3.17. The molecule has 0 aliphatic rings. The molecule has 0 aliphatic heterocycles. The first-order chi connectivity index (χ1) is 8.23. The molecule has 0 rings (SSSR count). The Balaban J connectivity index is 4.39. The Morgan fingerprint density at radius 2 is 1.61 bits per heavy atom. The molecule has 0 aromatic rings. The van der Waals surface area contributed by atoms with Gasteiger partial charge in [0.05, 0.1) is 12.8 Å². The Morgan fingerprint density at radius 1 is 1.06 bits per heavy atom. The zero-order valence-corrected chi connectivity index (χ0v) is 12.1. The fraction of sp³-hybridized carbons (Fsp3) is 0.857. The van der Waals surface area contributed by atoms with Crippen molar-refractivity contribution in [3.8, 4) is 0 Å². The molecule has 0 fully saturated rings. The second-order valence-corrected chi connectivity index (χ2v) is 5.65. The van der Waals surface area contributed by atoms with Gasteiger partial charge in [-0.05, 0) is 24.2 Å². The molecule has 4 nitrogen and oxygen atoms in total. The summed E-state index contributed by atoms with van der Waals surface area (Å²) in [5, 5.41) is 8.53. The van der Waals surface area contributed by atoms with Gasteiger partial charge in [-0.2, -0.15) is 0 Å². The lowest BCUT2D eigenvalue weighted by Gasteiger charge is -2.28. The van der Waals surface area contributed by atoms with E-state index in [4.69, 9.17) is 9.84 Å². The van der Waals surface area contributed by atoms with E-state index in [9.17, 15) is 9.59 Å². The van der Waals surface area contributed by atoms with Crippen LogP contribution in [0.4, 0.5) is 0 Å². The van der Waals surface area contributed by atoms with Crippen molar-refractivity contribution in [2.45, 2.75) is 60.0 Å². The standard InChI is InChI=1S/C14H26O4/c1-9(2)8-12(11(5)10(3)4)18-14(17)7-6-13(15)16/h9-12H,6-8H2,1-5H3,(H,15,16). The lowest BCUT2D eigenvalue weighted by molar-refractivity contribution is -0.155. The fourth-order valence-corrected chi connectivity index (χ4v) is 1.70. The molecule has 0 saturated heterocycles. The average molecular weight is 258 g/mol. The van der Waals surface area contributed by atoms with Crippen LogP contribution in [0.2, 0.25) is 0 Å². The van der Waals surface area contributed by atoms with Crippen LogP contribution in [0.25, 0.3) is 0 Å². The maximum Gasteiger partial charge on any atom is 0.306 e. The molecule has 2 atom stereocenters. The summed E-state index contributed by atoms with van der Waals surface area (Å²) in [6, 6.07) is 0. The molecule has 0 aromatic carbocycles. The number of esters is 1. The van der Waals surface area contributed by atoms with Crippen LogP contribution in [0.1, 0.15) is 53.9 Å². The largest absolute Gasteiger partial charge is 0.481 e. The lowest BCUT2D eigenvalue weighted by Crippen LogP contribution is -2.30. The summed E-state index contributed by atoms with van der Waals surface area (Å²) in [5.41, 5.74) is 0. The minimum Gasteiger partial charge on any atom is -0.481 e. The molecule has 0 spiro atoms. The number of hydrogen-bond acceptors (Lipinski definition) is 3. The van der Waals surface area contributed by atoms with E-state index in [2.05, 4.69) is 34.6 Å². The van der Waals surface area contributed by atoms with Gasteiger partial charge in [-0.25, -0.2) is 0 Å². The molecule has 0 aliphatic carbocycles. The van der Waals surface area contributed by atoms with E-state index in [1.54, 1.807) is 0 Å². The predicted octanol–water partition coefficient (Wildman–Crippen LogP) is 3.10. The lowest BCUT2D eigenvalue weighted by atomic mass is 9.87. The number of rotatable bonds is 8. The first kappa shape index (κ1) is 16.9. The van der Waals surface area contributed by atoms with Crippen LogP contribution in [-0.2, 0) is 14.3 Å². The minimum absolute atomic E-state index is 0.0469. The second-order valence-electron chi connectivity index (χ2n) is 5.65. The van der Waals surface area contributed by atoms with Crippen molar-refractivity contribution in [1.29, 1.82) is 0 Å². The summed E-state index contributed by atoms with van der Waals surface area (Å²) >= 11 is 0. The molecular formula is C14H26O4. The monoisotopic (exact) mass is 258 g/mol. The Kier molecular flexibility index (Phi) is 7.64. The van der Waals surface area contributed by atoms with E-state index in [1.807, 2.05) is 0 Å². The van der Waals surface area contributed by atoms with E-state index < -0.39 is 11.9 Å². The van der Waals surface area contributed by atoms with Crippen LogP contribution in [0.3, 0.4) is 0 Å². The third-order valence-electron chi connectivity index (χ3n) is 3.17. The van der Waals surface area contributed by atoms with Crippen LogP contribution >= 0.6 is 0 Å². The van der Waals surface area contributed by atoms with Crippen LogP contribution in [0.5, 0.6) is 0 Å². The molecule has 0 saturated carbocycles. The van der Waals surface area contributed by atoms with E-state index in [0.717, 1.165) is 6.42 Å². The minimum atomic E-state index is -0.968. The van der Waals surface area contributed by atoms with Gasteiger partial charge in [0, 0.05) is 0 Å². The Labute approximate surface area is 110 Å². The van der Waals surface area contributed by atoms with Gasteiger partial charge >= 0.3 is 11.9 Å². The van der Waals surface area contributed by atoms with Crippen molar-refractivity contribution in [1.82, 2.24) is 0 Å². The highest BCUT2D eigenvalue weighted by atomic mass is 16.5. The maximum atomic E-state index is 11.6. The van der Waals surface area contributed by atoms with Gasteiger partial charge in [-0.3, -0.25) is 9.59 Å². The molecule has 0 aromatic heterocycles. The van der Waals surface area contributed by atoms with Crippen LogP contribution in [0, 0.1) is 17.8 Å². The first-order valence-corrected chi connectivity index (χ1v) is 6.65. The quantitative estimate of drug-likeness (QED) is 0.679.